The van der Waals surface area contributed by atoms with Crippen LogP contribution in [0.4, 0.5) is 0 Å². The first-order chi connectivity index (χ1) is 6.29. The lowest BCUT2D eigenvalue weighted by Gasteiger charge is -2.32. The van der Waals surface area contributed by atoms with Gasteiger partial charge < -0.3 is 9.26 Å². The Bertz CT molecular complexity index is 159. The lowest BCUT2D eigenvalue weighted by atomic mass is 10.5. The molecule has 1 atom stereocenters. The molecule has 0 N–H and O–H groups in total. The van der Waals surface area contributed by atoms with E-state index in [-0.39, 0.29) is 0 Å². The summed E-state index contributed by atoms with van der Waals surface area (Å²) in [6.07, 6.45) is 2.57. The van der Waals surface area contributed by atoms with Crippen molar-refractivity contribution in [3.63, 3.8) is 0 Å². The van der Waals surface area contributed by atoms with Crippen molar-refractivity contribution >= 4 is 18.7 Å². The van der Waals surface area contributed by atoms with Crippen molar-refractivity contribution < 1.29 is 9.26 Å². The minimum absolute atomic E-state index is 1.07. The smallest absolute Gasteiger partial charge is 0.295 e. The molecule has 0 aromatic heterocycles. The number of rotatable bonds is 5. The maximum Gasteiger partial charge on any atom is 0.295 e. The number of hydrogen-bond donors (Lipinski definition) is 0. The van der Waals surface area contributed by atoms with Crippen LogP contribution < -0.4 is 0 Å². The highest BCUT2D eigenvalue weighted by molar-refractivity contribution is 6.71. The summed E-state index contributed by atoms with van der Waals surface area (Å²) in [5.74, 6) is 0. The summed E-state index contributed by atoms with van der Waals surface area (Å²) in [6.45, 7) is 1.07. The molecule has 0 aromatic carbocycles. The Labute approximate surface area is 85.0 Å². The SMILES string of the molecule is CON1CCC[Si]1(CCC[SiH3])OC. The van der Waals surface area contributed by atoms with E-state index < -0.39 is 8.48 Å². The van der Waals surface area contributed by atoms with Crippen LogP contribution in [0.25, 0.3) is 0 Å². The fourth-order valence-corrected chi connectivity index (χ4v) is 7.03. The van der Waals surface area contributed by atoms with Crippen LogP contribution in [-0.4, -0.2) is 44.2 Å². The number of hydrogen-bond acceptors (Lipinski definition) is 3. The van der Waals surface area contributed by atoms with Gasteiger partial charge >= 0.3 is 0 Å². The summed E-state index contributed by atoms with van der Waals surface area (Å²) in [7, 11) is 3.32. The van der Waals surface area contributed by atoms with Crippen LogP contribution >= 0.6 is 0 Å². The van der Waals surface area contributed by atoms with E-state index in [0.717, 1.165) is 6.54 Å². The predicted octanol–water partition coefficient (Wildman–Crippen LogP) is 0.516. The summed E-state index contributed by atoms with van der Waals surface area (Å²) in [5.41, 5.74) is 0. The van der Waals surface area contributed by atoms with Gasteiger partial charge in [0.2, 0.25) is 0 Å². The summed E-state index contributed by atoms with van der Waals surface area (Å²) in [5, 5.41) is 0. The lowest BCUT2D eigenvalue weighted by molar-refractivity contribution is -0.0678. The molecule has 1 aliphatic rings. The molecule has 1 heterocycles. The molecule has 0 bridgehead atoms. The molecule has 3 nitrogen and oxygen atoms in total. The van der Waals surface area contributed by atoms with Crippen LogP contribution in [0.1, 0.15) is 12.8 Å². The van der Waals surface area contributed by atoms with Crippen LogP contribution in [0.3, 0.4) is 0 Å². The third-order valence-corrected chi connectivity index (χ3v) is 7.96. The van der Waals surface area contributed by atoms with Crippen LogP contribution in [0.15, 0.2) is 0 Å². The molecule has 0 spiro atoms. The van der Waals surface area contributed by atoms with E-state index in [1.165, 1.54) is 41.2 Å². The second-order valence-corrected chi connectivity index (χ2v) is 8.44. The molecule has 1 aliphatic heterocycles. The maximum atomic E-state index is 5.76. The van der Waals surface area contributed by atoms with Crippen molar-refractivity contribution in [1.82, 2.24) is 4.73 Å². The van der Waals surface area contributed by atoms with Crippen LogP contribution in [0.2, 0.25) is 18.1 Å². The van der Waals surface area contributed by atoms with Crippen molar-refractivity contribution in [2.45, 2.75) is 31.0 Å². The monoisotopic (exact) mass is 219 g/mol. The van der Waals surface area contributed by atoms with E-state index in [9.17, 15) is 0 Å². The second kappa shape index (κ2) is 5.26. The average molecular weight is 219 g/mol. The Morgan fingerprint density at radius 1 is 1.46 bits per heavy atom. The first kappa shape index (κ1) is 11.4. The van der Waals surface area contributed by atoms with E-state index in [1.807, 2.05) is 7.11 Å². The van der Waals surface area contributed by atoms with E-state index in [1.54, 1.807) is 7.11 Å². The average Bonchev–Trinajstić information content (AvgIpc) is 2.58. The fraction of sp³-hybridized carbons (Fsp3) is 1.00. The first-order valence-electron chi connectivity index (χ1n) is 5.16. The Balaban J connectivity index is 2.55. The normalized spacial score (nSPS) is 30.0. The van der Waals surface area contributed by atoms with Gasteiger partial charge in [0.05, 0.1) is 7.11 Å². The molecule has 1 unspecified atom stereocenters. The third kappa shape index (κ3) is 2.41. The summed E-state index contributed by atoms with van der Waals surface area (Å²) < 4.78 is 7.90. The zero-order valence-corrected chi connectivity index (χ0v) is 12.0. The van der Waals surface area contributed by atoms with Gasteiger partial charge in [-0.05, 0) is 18.5 Å². The maximum absolute atomic E-state index is 5.76. The standard InChI is InChI=1S/C8H21NO2Si2/c1-10-9-5-3-7-13(9,11-2)8-4-6-12/h3-8H2,1-2,12H3. The minimum Gasteiger partial charge on any atom is -0.405 e. The largest absolute Gasteiger partial charge is 0.405 e. The van der Waals surface area contributed by atoms with Crippen molar-refractivity contribution in [2.24, 2.45) is 0 Å². The van der Waals surface area contributed by atoms with Crippen LogP contribution in [0, 0.1) is 0 Å². The van der Waals surface area contributed by atoms with Crippen molar-refractivity contribution in [3.8, 4) is 0 Å². The number of hydroxylamine groups is 1. The van der Waals surface area contributed by atoms with Gasteiger partial charge in [-0.2, -0.15) is 4.73 Å². The topological polar surface area (TPSA) is 21.7 Å². The zero-order valence-electron chi connectivity index (χ0n) is 9.01. The van der Waals surface area contributed by atoms with E-state index in [0.29, 0.717) is 0 Å². The van der Waals surface area contributed by atoms with Crippen molar-refractivity contribution in [2.75, 3.05) is 20.8 Å². The van der Waals surface area contributed by atoms with E-state index in [4.69, 9.17) is 9.26 Å². The molecule has 5 heteroatoms. The van der Waals surface area contributed by atoms with Crippen LogP contribution in [0.5, 0.6) is 0 Å². The molecule has 0 aliphatic carbocycles. The first-order valence-corrected chi connectivity index (χ1v) is 8.84. The van der Waals surface area contributed by atoms with Gasteiger partial charge in [0.1, 0.15) is 0 Å². The third-order valence-electron chi connectivity index (χ3n) is 2.90. The summed E-state index contributed by atoms with van der Waals surface area (Å²) in [4.78, 5) is 5.40. The van der Waals surface area contributed by atoms with Crippen LogP contribution in [-0.2, 0) is 9.26 Å². The molecule has 13 heavy (non-hydrogen) atoms. The van der Waals surface area contributed by atoms with Crippen molar-refractivity contribution in [3.05, 3.63) is 0 Å². The lowest BCUT2D eigenvalue weighted by Crippen LogP contribution is -2.50. The quantitative estimate of drug-likeness (QED) is 0.629. The van der Waals surface area contributed by atoms with Gasteiger partial charge in [-0.1, -0.05) is 12.5 Å². The van der Waals surface area contributed by atoms with Gasteiger partial charge in [0.15, 0.2) is 0 Å². The molecule has 1 fully saturated rings. The van der Waals surface area contributed by atoms with Gasteiger partial charge in [-0.25, -0.2) is 0 Å². The molecular weight excluding hydrogens is 198 g/mol. The molecule has 0 saturated carbocycles. The van der Waals surface area contributed by atoms with E-state index >= 15 is 0 Å². The Hall–Kier alpha value is 0.314. The second-order valence-electron chi connectivity index (χ2n) is 3.64. The predicted molar refractivity (Wildman–Crippen MR) is 60.1 cm³/mol. The highest BCUT2D eigenvalue weighted by Gasteiger charge is 2.45. The number of nitrogens with zero attached hydrogens (tertiary/aromatic N) is 1. The zero-order chi connectivity index (χ0) is 9.73. The summed E-state index contributed by atoms with van der Waals surface area (Å²) in [6, 6.07) is 3.88. The minimum atomic E-state index is -1.62. The van der Waals surface area contributed by atoms with Gasteiger partial charge in [0, 0.05) is 23.9 Å². The highest BCUT2D eigenvalue weighted by Crippen LogP contribution is 2.31. The Kier molecular flexibility index (Phi) is 4.61. The highest BCUT2D eigenvalue weighted by atomic mass is 28.4. The van der Waals surface area contributed by atoms with E-state index in [2.05, 4.69) is 4.73 Å². The molecule has 78 valence electrons. The molecule has 0 radical (unpaired) electrons. The van der Waals surface area contributed by atoms with Gasteiger partial charge in [0.25, 0.3) is 8.48 Å². The van der Waals surface area contributed by atoms with Gasteiger partial charge in [-0.15, -0.1) is 0 Å². The molecule has 1 rings (SSSR count). The Morgan fingerprint density at radius 2 is 2.23 bits per heavy atom. The van der Waals surface area contributed by atoms with Gasteiger partial charge in [-0.3, -0.25) is 0 Å². The molecule has 1 saturated heterocycles. The molecular formula is C8H21NO2Si2. The molecule has 0 amide bonds. The summed E-state index contributed by atoms with van der Waals surface area (Å²) >= 11 is 0. The molecule has 0 aromatic rings. The van der Waals surface area contributed by atoms with Crippen molar-refractivity contribution in [1.29, 1.82) is 0 Å². The fourth-order valence-electron chi connectivity index (χ4n) is 2.09. The Morgan fingerprint density at radius 3 is 2.77 bits per heavy atom.